The molecule has 0 aliphatic heterocycles. The summed E-state index contributed by atoms with van der Waals surface area (Å²) in [6.07, 6.45) is 10.8. The van der Waals surface area contributed by atoms with Gasteiger partial charge >= 0.3 is 0 Å². The number of aliphatic hydroxyl groups excluding tert-OH is 2. The maximum atomic E-state index is 9.28. The van der Waals surface area contributed by atoms with E-state index >= 15 is 0 Å². The van der Waals surface area contributed by atoms with Crippen molar-refractivity contribution in [2.75, 3.05) is 31.2 Å². The summed E-state index contributed by atoms with van der Waals surface area (Å²) in [4.78, 5) is 16.2. The highest BCUT2D eigenvalue weighted by atomic mass is 16.3. The highest BCUT2D eigenvalue weighted by Crippen LogP contribution is 2.27. The molecule has 35 heavy (non-hydrogen) atoms. The standard InChI is InChI=1S/C13H20N4O.C7H7N3.C5H13NO/c1-8(2)11(6-18)15-5-9-3-4-10-12(9)16-7-17-13(10)14;8-7-5-2-1-3-6(5)9-4-10-7;1-4(2)5(6)3-7/h3,7-8,11,15,18H,4-6H2,1-2H3,(H2,14,16,17);1,3-4H,2H2,(H2,8,9,10);4-5,7H,3,6H2,1-2H3/t11-;;5-/m1.1/s1. The second-order valence-electron chi connectivity index (χ2n) is 9.25. The van der Waals surface area contributed by atoms with Gasteiger partial charge in [0.1, 0.15) is 24.3 Å². The minimum Gasteiger partial charge on any atom is -0.395 e. The fourth-order valence-corrected chi connectivity index (χ4v) is 3.43. The number of hydrogen-bond donors (Lipinski definition) is 6. The van der Waals surface area contributed by atoms with Gasteiger partial charge in [-0.2, -0.15) is 0 Å². The molecule has 2 aromatic rings. The second-order valence-corrected chi connectivity index (χ2v) is 9.25. The number of nitrogen functional groups attached to an aromatic ring is 2. The lowest BCUT2D eigenvalue weighted by molar-refractivity contribution is 0.215. The van der Waals surface area contributed by atoms with Crippen molar-refractivity contribution < 1.29 is 10.2 Å². The summed E-state index contributed by atoms with van der Waals surface area (Å²) < 4.78 is 0. The average molecular weight is 485 g/mol. The number of nitrogens with one attached hydrogen (secondary N) is 1. The van der Waals surface area contributed by atoms with Crippen molar-refractivity contribution in [3.05, 3.63) is 47.3 Å². The Labute approximate surface area is 207 Å². The summed E-state index contributed by atoms with van der Waals surface area (Å²) in [6.45, 7) is 9.09. The summed E-state index contributed by atoms with van der Waals surface area (Å²) in [6, 6.07) is 0.0640. The van der Waals surface area contributed by atoms with Crippen molar-refractivity contribution >= 4 is 23.3 Å². The Morgan fingerprint density at radius 1 is 0.886 bits per heavy atom. The van der Waals surface area contributed by atoms with E-state index in [0.717, 1.165) is 40.9 Å². The van der Waals surface area contributed by atoms with Gasteiger partial charge in [-0.25, -0.2) is 19.9 Å². The van der Waals surface area contributed by atoms with E-state index in [9.17, 15) is 5.11 Å². The minimum absolute atomic E-state index is 0.0417. The maximum absolute atomic E-state index is 9.28. The Morgan fingerprint density at radius 2 is 1.54 bits per heavy atom. The molecule has 2 aromatic heterocycles. The number of aromatic nitrogens is 4. The van der Waals surface area contributed by atoms with Gasteiger partial charge in [-0.05, 0) is 36.3 Å². The Hall–Kier alpha value is -2.92. The maximum Gasteiger partial charge on any atom is 0.130 e. The first-order valence-electron chi connectivity index (χ1n) is 11.9. The van der Waals surface area contributed by atoms with Gasteiger partial charge in [0.25, 0.3) is 0 Å². The number of aliphatic hydroxyl groups is 2. The fraction of sp³-hybridized carbons (Fsp3) is 0.520. The first-order valence-corrected chi connectivity index (χ1v) is 11.9. The third-order valence-electron chi connectivity index (χ3n) is 6.07. The van der Waals surface area contributed by atoms with Crippen LogP contribution in [-0.4, -0.2) is 62.0 Å². The second kappa shape index (κ2) is 13.8. The number of anilines is 2. The summed E-state index contributed by atoms with van der Waals surface area (Å²) in [5.41, 5.74) is 21.9. The zero-order chi connectivity index (χ0) is 26.0. The molecule has 9 N–H and O–H groups in total. The molecule has 0 bridgehead atoms. The van der Waals surface area contributed by atoms with Crippen LogP contribution in [0, 0.1) is 11.8 Å². The molecular weight excluding hydrogens is 444 g/mol. The highest BCUT2D eigenvalue weighted by molar-refractivity contribution is 5.74. The van der Waals surface area contributed by atoms with Crippen molar-refractivity contribution in [1.82, 2.24) is 25.3 Å². The molecule has 4 rings (SSSR count). The number of rotatable bonds is 7. The quantitative estimate of drug-likeness (QED) is 0.334. The monoisotopic (exact) mass is 484 g/mol. The Bertz CT molecular complexity index is 1010. The van der Waals surface area contributed by atoms with Crippen LogP contribution in [0.5, 0.6) is 0 Å². The summed E-state index contributed by atoms with van der Waals surface area (Å²) in [5, 5.41) is 21.0. The van der Waals surface area contributed by atoms with Gasteiger partial charge in [-0.1, -0.05) is 39.8 Å². The Balaban J connectivity index is 0.000000213. The lowest BCUT2D eigenvalue weighted by Gasteiger charge is -2.20. The van der Waals surface area contributed by atoms with Crippen molar-refractivity contribution in [2.24, 2.45) is 17.6 Å². The lowest BCUT2D eigenvalue weighted by Crippen LogP contribution is -2.37. The number of allylic oxidation sites excluding steroid dienone is 2. The summed E-state index contributed by atoms with van der Waals surface area (Å²) >= 11 is 0. The van der Waals surface area contributed by atoms with E-state index in [1.165, 1.54) is 12.7 Å². The molecule has 2 aliphatic carbocycles. The third-order valence-corrected chi connectivity index (χ3v) is 6.07. The van der Waals surface area contributed by atoms with Crippen LogP contribution in [0.1, 0.15) is 50.2 Å². The van der Waals surface area contributed by atoms with Gasteiger partial charge in [-0.3, -0.25) is 0 Å². The van der Waals surface area contributed by atoms with Gasteiger partial charge in [0, 0.05) is 29.8 Å². The average Bonchev–Trinajstić information content (AvgIpc) is 3.48. The van der Waals surface area contributed by atoms with Crippen molar-refractivity contribution in [2.45, 2.75) is 52.6 Å². The molecule has 0 saturated carbocycles. The predicted molar refractivity (Wildman–Crippen MR) is 141 cm³/mol. The van der Waals surface area contributed by atoms with Crippen LogP contribution >= 0.6 is 0 Å². The number of nitrogens with zero attached hydrogens (tertiary/aromatic N) is 4. The van der Waals surface area contributed by atoms with Gasteiger partial charge in [-0.15, -0.1) is 0 Å². The molecule has 0 saturated heterocycles. The van der Waals surface area contributed by atoms with Gasteiger partial charge in [0.15, 0.2) is 0 Å². The zero-order valence-corrected chi connectivity index (χ0v) is 21.1. The van der Waals surface area contributed by atoms with Crippen LogP contribution in [0.2, 0.25) is 0 Å². The lowest BCUT2D eigenvalue weighted by atomic mass is 10.0. The van der Waals surface area contributed by atoms with Crippen molar-refractivity contribution in [3.8, 4) is 0 Å². The Kier molecular flexibility index (Phi) is 11.2. The van der Waals surface area contributed by atoms with Crippen LogP contribution in [-0.2, 0) is 12.8 Å². The molecule has 0 fully saturated rings. The molecule has 0 unspecified atom stereocenters. The molecule has 0 radical (unpaired) electrons. The zero-order valence-electron chi connectivity index (χ0n) is 21.1. The molecular formula is C25H40N8O2. The summed E-state index contributed by atoms with van der Waals surface area (Å²) in [5.74, 6) is 1.96. The first-order chi connectivity index (χ1) is 16.7. The highest BCUT2D eigenvalue weighted by Gasteiger charge is 2.20. The van der Waals surface area contributed by atoms with Gasteiger partial charge in [0.2, 0.25) is 0 Å². The molecule has 10 heteroatoms. The number of fused-ring (bicyclic) bond motifs is 2. The third kappa shape index (κ3) is 8.07. The van der Waals surface area contributed by atoms with Crippen LogP contribution < -0.4 is 22.5 Å². The van der Waals surface area contributed by atoms with E-state index in [2.05, 4.69) is 45.2 Å². The smallest absolute Gasteiger partial charge is 0.130 e. The SMILES string of the molecule is CC(C)[C@@H](CO)NCC1=CCc2c(N)ncnc21.CC(C)[C@H](N)CO.Nc1ncnc2c1CC=C2. The van der Waals surface area contributed by atoms with Crippen LogP contribution in [0.3, 0.4) is 0 Å². The minimum atomic E-state index is -0.0417. The van der Waals surface area contributed by atoms with E-state index in [0.29, 0.717) is 30.0 Å². The fourth-order valence-electron chi connectivity index (χ4n) is 3.43. The van der Waals surface area contributed by atoms with E-state index in [4.69, 9.17) is 22.3 Å². The molecule has 0 spiro atoms. The Morgan fingerprint density at radius 3 is 2.09 bits per heavy atom. The molecule has 192 valence electrons. The molecule has 2 aliphatic rings. The van der Waals surface area contributed by atoms with Gasteiger partial charge in [0.05, 0.1) is 24.6 Å². The molecule has 10 nitrogen and oxygen atoms in total. The van der Waals surface area contributed by atoms with Crippen LogP contribution in [0.15, 0.2) is 24.8 Å². The largest absolute Gasteiger partial charge is 0.395 e. The normalized spacial score (nSPS) is 14.9. The van der Waals surface area contributed by atoms with E-state index < -0.39 is 0 Å². The molecule has 0 aromatic carbocycles. The molecule has 2 heterocycles. The van der Waals surface area contributed by atoms with Crippen LogP contribution in [0.25, 0.3) is 11.6 Å². The first kappa shape index (κ1) is 28.3. The van der Waals surface area contributed by atoms with E-state index in [1.54, 1.807) is 0 Å². The van der Waals surface area contributed by atoms with Gasteiger partial charge < -0.3 is 32.7 Å². The van der Waals surface area contributed by atoms with E-state index in [-0.39, 0.29) is 25.3 Å². The molecule has 0 amide bonds. The summed E-state index contributed by atoms with van der Waals surface area (Å²) in [7, 11) is 0. The number of nitrogens with two attached hydrogens (primary N) is 3. The topological polar surface area (TPSA) is 182 Å². The molecule has 2 atom stereocenters. The van der Waals surface area contributed by atoms with Crippen molar-refractivity contribution in [1.29, 1.82) is 0 Å². The predicted octanol–water partition coefficient (Wildman–Crippen LogP) is 1.19. The van der Waals surface area contributed by atoms with E-state index in [1.807, 2.05) is 26.0 Å². The van der Waals surface area contributed by atoms with Crippen molar-refractivity contribution in [3.63, 3.8) is 0 Å². The number of hydrogen-bond acceptors (Lipinski definition) is 10. The van der Waals surface area contributed by atoms with Crippen LogP contribution in [0.4, 0.5) is 11.6 Å².